The van der Waals surface area contributed by atoms with Gasteiger partial charge in [0, 0.05) is 18.2 Å². The number of esters is 1. The highest BCUT2D eigenvalue weighted by Crippen LogP contribution is 2.27. The van der Waals surface area contributed by atoms with E-state index in [1.807, 2.05) is 13.0 Å². The first-order valence-electron chi connectivity index (χ1n) is 7.73. The van der Waals surface area contributed by atoms with Gasteiger partial charge in [0.2, 0.25) is 0 Å². The quantitative estimate of drug-likeness (QED) is 0.567. The van der Waals surface area contributed by atoms with E-state index in [0.29, 0.717) is 6.04 Å². The monoisotopic (exact) mass is 267 g/mol. The van der Waals surface area contributed by atoms with Crippen molar-refractivity contribution in [1.29, 1.82) is 0 Å². The molecular weight excluding hydrogens is 238 g/mol. The Morgan fingerprint density at radius 2 is 2.00 bits per heavy atom. The van der Waals surface area contributed by atoms with E-state index in [9.17, 15) is 4.79 Å². The minimum absolute atomic E-state index is 0.199. The normalized spacial score (nSPS) is 19.2. The van der Waals surface area contributed by atoms with E-state index in [0.717, 1.165) is 30.9 Å². The Morgan fingerprint density at radius 1 is 1.32 bits per heavy atom. The first-order chi connectivity index (χ1) is 9.22. The Hall–Kier alpha value is -0.830. The van der Waals surface area contributed by atoms with Gasteiger partial charge < -0.3 is 10.1 Å². The van der Waals surface area contributed by atoms with Crippen LogP contribution in [0.25, 0.3) is 0 Å². The Labute approximate surface area is 117 Å². The third-order valence-corrected chi connectivity index (χ3v) is 4.22. The smallest absolute Gasteiger partial charge is 0.333 e. The number of rotatable bonds is 7. The summed E-state index contributed by atoms with van der Waals surface area (Å²) in [6, 6.07) is 0.590. The molecule has 0 saturated heterocycles. The van der Waals surface area contributed by atoms with Crippen molar-refractivity contribution >= 4 is 5.97 Å². The molecule has 0 aromatic heterocycles. The zero-order valence-corrected chi connectivity index (χ0v) is 12.7. The van der Waals surface area contributed by atoms with Crippen LogP contribution in [0.15, 0.2) is 11.6 Å². The van der Waals surface area contributed by atoms with Crippen LogP contribution in [0.5, 0.6) is 0 Å². The van der Waals surface area contributed by atoms with Crippen molar-refractivity contribution in [3.05, 3.63) is 11.6 Å². The van der Waals surface area contributed by atoms with Crippen LogP contribution < -0.4 is 5.32 Å². The molecule has 110 valence electrons. The van der Waals surface area contributed by atoms with Crippen molar-refractivity contribution in [2.45, 2.75) is 64.8 Å². The van der Waals surface area contributed by atoms with Crippen molar-refractivity contribution in [1.82, 2.24) is 5.32 Å². The predicted octanol–water partition coefficient (Wildman–Crippen LogP) is 3.44. The summed E-state index contributed by atoms with van der Waals surface area (Å²) in [4.78, 5) is 11.5. The van der Waals surface area contributed by atoms with Gasteiger partial charge in [-0.15, -0.1) is 0 Å². The van der Waals surface area contributed by atoms with Gasteiger partial charge in [-0.05, 0) is 31.6 Å². The third kappa shape index (κ3) is 5.35. The summed E-state index contributed by atoms with van der Waals surface area (Å²) in [7, 11) is 1.44. The van der Waals surface area contributed by atoms with Crippen LogP contribution in [-0.4, -0.2) is 25.7 Å². The van der Waals surface area contributed by atoms with Gasteiger partial charge in [-0.1, -0.05) is 39.2 Å². The predicted molar refractivity (Wildman–Crippen MR) is 79.0 cm³/mol. The van der Waals surface area contributed by atoms with E-state index >= 15 is 0 Å². The van der Waals surface area contributed by atoms with Crippen LogP contribution in [0.3, 0.4) is 0 Å². The Morgan fingerprint density at radius 3 is 2.53 bits per heavy atom. The van der Waals surface area contributed by atoms with E-state index < -0.39 is 0 Å². The molecule has 1 N–H and O–H groups in total. The number of methoxy groups -OCH3 is 1. The second kappa shape index (κ2) is 9.13. The molecule has 1 rings (SSSR count). The summed E-state index contributed by atoms with van der Waals surface area (Å²) in [5.74, 6) is 0.616. The summed E-state index contributed by atoms with van der Waals surface area (Å²) in [6.07, 6.45) is 10.7. The van der Waals surface area contributed by atoms with Crippen molar-refractivity contribution in [2.24, 2.45) is 5.92 Å². The molecule has 1 aliphatic carbocycles. The van der Waals surface area contributed by atoms with Gasteiger partial charge in [0.05, 0.1) is 7.11 Å². The topological polar surface area (TPSA) is 38.3 Å². The molecule has 0 spiro atoms. The summed E-state index contributed by atoms with van der Waals surface area (Å²) < 4.78 is 4.77. The van der Waals surface area contributed by atoms with E-state index in [4.69, 9.17) is 4.74 Å². The summed E-state index contributed by atoms with van der Waals surface area (Å²) >= 11 is 0. The van der Waals surface area contributed by atoms with Gasteiger partial charge in [0.25, 0.3) is 0 Å². The molecule has 1 atom stereocenters. The lowest BCUT2D eigenvalue weighted by molar-refractivity contribution is -0.136. The van der Waals surface area contributed by atoms with Gasteiger partial charge in [-0.2, -0.15) is 0 Å². The number of hydrogen-bond donors (Lipinski definition) is 1. The van der Waals surface area contributed by atoms with E-state index in [2.05, 4.69) is 12.2 Å². The van der Waals surface area contributed by atoms with Crippen molar-refractivity contribution in [2.75, 3.05) is 13.7 Å². The third-order valence-electron chi connectivity index (χ3n) is 4.22. The molecule has 0 aromatic carbocycles. The SMILES string of the molecule is CC/C(=C/CNC(CC)C1CCCCC1)C(=O)OC. The van der Waals surface area contributed by atoms with Crippen LogP contribution in [0.4, 0.5) is 0 Å². The fourth-order valence-corrected chi connectivity index (χ4v) is 3.02. The fraction of sp³-hybridized carbons (Fsp3) is 0.812. The molecule has 19 heavy (non-hydrogen) atoms. The second-order valence-corrected chi connectivity index (χ2v) is 5.40. The minimum Gasteiger partial charge on any atom is -0.466 e. The maximum Gasteiger partial charge on any atom is 0.333 e. The standard InChI is InChI=1S/C16H29NO2/c1-4-13(16(18)19-3)11-12-17-15(5-2)14-9-7-6-8-10-14/h11,14-15,17H,4-10,12H2,1-3H3/b13-11-. The highest BCUT2D eigenvalue weighted by molar-refractivity contribution is 5.88. The van der Waals surface area contributed by atoms with Gasteiger partial charge in [-0.3, -0.25) is 0 Å². The lowest BCUT2D eigenvalue weighted by Gasteiger charge is -2.30. The molecular formula is C16H29NO2. The van der Waals surface area contributed by atoms with Crippen molar-refractivity contribution < 1.29 is 9.53 Å². The molecule has 0 amide bonds. The second-order valence-electron chi connectivity index (χ2n) is 5.40. The summed E-state index contributed by atoms with van der Waals surface area (Å²) in [5, 5.41) is 3.60. The summed E-state index contributed by atoms with van der Waals surface area (Å²) in [6.45, 7) is 5.01. The highest BCUT2D eigenvalue weighted by Gasteiger charge is 2.21. The molecule has 0 aliphatic heterocycles. The maximum atomic E-state index is 11.5. The van der Waals surface area contributed by atoms with E-state index in [1.165, 1.54) is 39.2 Å². The van der Waals surface area contributed by atoms with Crippen LogP contribution in [-0.2, 0) is 9.53 Å². The number of hydrogen-bond acceptors (Lipinski definition) is 3. The number of nitrogens with one attached hydrogen (secondary N) is 1. The van der Waals surface area contributed by atoms with E-state index in [1.54, 1.807) is 0 Å². The molecule has 1 unspecified atom stereocenters. The first-order valence-corrected chi connectivity index (χ1v) is 7.73. The van der Waals surface area contributed by atoms with Gasteiger partial charge in [0.1, 0.15) is 0 Å². The molecule has 0 radical (unpaired) electrons. The minimum atomic E-state index is -0.199. The number of carbonyl (C=O) groups excluding carboxylic acids is 1. The van der Waals surface area contributed by atoms with Gasteiger partial charge >= 0.3 is 5.97 Å². The summed E-state index contributed by atoms with van der Waals surface area (Å²) in [5.41, 5.74) is 0.772. The van der Waals surface area contributed by atoms with Crippen LogP contribution in [0.2, 0.25) is 0 Å². The molecule has 3 heteroatoms. The molecule has 1 aliphatic rings. The molecule has 0 bridgehead atoms. The van der Waals surface area contributed by atoms with Crippen molar-refractivity contribution in [3.8, 4) is 0 Å². The van der Waals surface area contributed by atoms with E-state index in [-0.39, 0.29) is 5.97 Å². The highest BCUT2D eigenvalue weighted by atomic mass is 16.5. The number of ether oxygens (including phenoxy) is 1. The largest absolute Gasteiger partial charge is 0.466 e. The number of carbonyl (C=O) groups is 1. The average molecular weight is 267 g/mol. The van der Waals surface area contributed by atoms with Crippen LogP contribution in [0, 0.1) is 5.92 Å². The zero-order chi connectivity index (χ0) is 14.1. The average Bonchev–Trinajstić information content (AvgIpc) is 2.48. The Kier molecular flexibility index (Phi) is 7.80. The molecule has 3 nitrogen and oxygen atoms in total. The lowest BCUT2D eigenvalue weighted by atomic mass is 9.83. The maximum absolute atomic E-state index is 11.5. The Bertz CT molecular complexity index is 293. The zero-order valence-electron chi connectivity index (χ0n) is 12.7. The first kappa shape index (κ1) is 16.2. The van der Waals surface area contributed by atoms with Crippen LogP contribution in [0.1, 0.15) is 58.8 Å². The fourth-order valence-electron chi connectivity index (χ4n) is 3.02. The van der Waals surface area contributed by atoms with Crippen molar-refractivity contribution in [3.63, 3.8) is 0 Å². The molecule has 1 saturated carbocycles. The molecule has 1 fully saturated rings. The molecule has 0 aromatic rings. The lowest BCUT2D eigenvalue weighted by Crippen LogP contribution is -2.37. The van der Waals surface area contributed by atoms with Gasteiger partial charge in [-0.25, -0.2) is 4.79 Å². The van der Waals surface area contributed by atoms with Gasteiger partial charge in [0.15, 0.2) is 0 Å². The van der Waals surface area contributed by atoms with Crippen LogP contribution >= 0.6 is 0 Å². The Balaban J connectivity index is 2.43. The molecule has 0 heterocycles.